The summed E-state index contributed by atoms with van der Waals surface area (Å²) in [6.07, 6.45) is 1.53. The van der Waals surface area contributed by atoms with E-state index in [1.54, 1.807) is 12.1 Å². The summed E-state index contributed by atoms with van der Waals surface area (Å²) in [6, 6.07) is 5.61. The number of halogens is 2. The molecule has 1 aromatic carbocycles. The highest BCUT2D eigenvalue weighted by Crippen LogP contribution is 2.28. The Balaban J connectivity index is 2.42. The van der Waals surface area contributed by atoms with Crippen LogP contribution in [-0.2, 0) is 10.0 Å². The van der Waals surface area contributed by atoms with Crippen LogP contribution in [0.3, 0.4) is 0 Å². The van der Waals surface area contributed by atoms with Crippen molar-refractivity contribution < 1.29 is 13.2 Å². The van der Waals surface area contributed by atoms with E-state index in [0.717, 1.165) is 17.7 Å². The maximum atomic E-state index is 12.2. The van der Waals surface area contributed by atoms with E-state index < -0.39 is 15.9 Å². The number of hydrogen-bond donors (Lipinski definition) is 2. The lowest BCUT2D eigenvalue weighted by Gasteiger charge is -2.09. The molecule has 0 radical (unpaired) electrons. The summed E-state index contributed by atoms with van der Waals surface area (Å²) < 4.78 is 22.9. The van der Waals surface area contributed by atoms with Gasteiger partial charge >= 0.3 is 0 Å². The van der Waals surface area contributed by atoms with Crippen LogP contribution in [0.2, 0.25) is 10.0 Å². The number of pyridine rings is 1. The van der Waals surface area contributed by atoms with Crippen LogP contribution in [0, 0.1) is 6.92 Å². The van der Waals surface area contributed by atoms with Gasteiger partial charge in [-0.3, -0.25) is 4.79 Å². The molecular weight excluding hydrogens is 349 g/mol. The fraction of sp³-hybridized carbons (Fsp3) is 0.0769. The second-order valence-electron chi connectivity index (χ2n) is 4.48. The Morgan fingerprint density at radius 1 is 1.23 bits per heavy atom. The van der Waals surface area contributed by atoms with Crippen LogP contribution in [0.4, 0.5) is 5.82 Å². The number of carbonyl (C=O) groups excluding carboxylic acids is 1. The molecule has 0 saturated carbocycles. The van der Waals surface area contributed by atoms with E-state index >= 15 is 0 Å². The zero-order valence-electron chi connectivity index (χ0n) is 11.3. The zero-order valence-corrected chi connectivity index (χ0v) is 13.6. The summed E-state index contributed by atoms with van der Waals surface area (Å²) in [6.45, 7) is 1.84. The largest absolute Gasteiger partial charge is 0.307 e. The van der Waals surface area contributed by atoms with Gasteiger partial charge in [0, 0.05) is 6.20 Å². The first-order valence-corrected chi connectivity index (χ1v) is 8.24. The number of aromatic nitrogens is 1. The average Bonchev–Trinajstić information content (AvgIpc) is 2.36. The predicted octanol–water partition coefficient (Wildman–Crippen LogP) is 2.60. The number of aryl methyl sites for hydroxylation is 1. The van der Waals surface area contributed by atoms with Crippen molar-refractivity contribution in [3.63, 3.8) is 0 Å². The molecule has 1 amide bonds. The number of nitrogens with two attached hydrogens (primary N) is 1. The van der Waals surface area contributed by atoms with Crippen LogP contribution in [-0.4, -0.2) is 19.3 Å². The van der Waals surface area contributed by atoms with Crippen LogP contribution in [0.5, 0.6) is 0 Å². The summed E-state index contributed by atoms with van der Waals surface area (Å²) in [5, 5.41) is 7.42. The van der Waals surface area contributed by atoms with Crippen molar-refractivity contribution in [3.8, 4) is 0 Å². The Morgan fingerprint density at radius 3 is 2.50 bits per heavy atom. The Kier molecular flexibility index (Phi) is 4.72. The molecule has 116 valence electrons. The van der Waals surface area contributed by atoms with Gasteiger partial charge in [-0.25, -0.2) is 18.5 Å². The van der Waals surface area contributed by atoms with E-state index in [9.17, 15) is 13.2 Å². The molecule has 1 aromatic heterocycles. The van der Waals surface area contributed by atoms with Crippen LogP contribution in [0.25, 0.3) is 0 Å². The van der Waals surface area contributed by atoms with Crippen molar-refractivity contribution in [2.75, 3.05) is 5.32 Å². The van der Waals surface area contributed by atoms with Crippen molar-refractivity contribution in [1.82, 2.24) is 4.98 Å². The minimum absolute atomic E-state index is 0.00236. The molecule has 0 aliphatic heterocycles. The maximum absolute atomic E-state index is 12.2. The van der Waals surface area contributed by atoms with Gasteiger partial charge in [-0.15, -0.1) is 0 Å². The molecule has 6 nitrogen and oxygen atoms in total. The second-order valence-corrected chi connectivity index (χ2v) is 6.82. The minimum atomic E-state index is -4.07. The summed E-state index contributed by atoms with van der Waals surface area (Å²) in [5.41, 5.74) is 0.830. The molecule has 9 heteroatoms. The topological polar surface area (TPSA) is 102 Å². The smallest absolute Gasteiger partial charge is 0.258 e. The molecule has 2 aromatic rings. The minimum Gasteiger partial charge on any atom is -0.307 e. The number of amides is 1. The second kappa shape index (κ2) is 6.21. The molecule has 2 rings (SSSR count). The number of benzene rings is 1. The number of nitrogens with one attached hydrogen (secondary N) is 1. The number of nitrogens with zero attached hydrogens (tertiary/aromatic N) is 1. The van der Waals surface area contributed by atoms with Gasteiger partial charge in [-0.05, 0) is 36.8 Å². The van der Waals surface area contributed by atoms with Gasteiger partial charge in [-0.1, -0.05) is 23.2 Å². The van der Waals surface area contributed by atoms with Crippen LogP contribution < -0.4 is 10.5 Å². The van der Waals surface area contributed by atoms with Gasteiger partial charge < -0.3 is 5.32 Å². The fourth-order valence-electron chi connectivity index (χ4n) is 1.71. The van der Waals surface area contributed by atoms with Crippen molar-refractivity contribution in [3.05, 3.63) is 51.6 Å². The van der Waals surface area contributed by atoms with Gasteiger partial charge in [-0.2, -0.15) is 0 Å². The molecule has 1 heterocycles. The quantitative estimate of drug-likeness (QED) is 0.878. The van der Waals surface area contributed by atoms with Gasteiger partial charge in [0.05, 0.1) is 15.6 Å². The van der Waals surface area contributed by atoms with Crippen molar-refractivity contribution in [2.24, 2.45) is 5.14 Å². The summed E-state index contributed by atoms with van der Waals surface area (Å²) in [5.74, 6) is -0.308. The molecule has 22 heavy (non-hydrogen) atoms. The highest BCUT2D eigenvalue weighted by Gasteiger charge is 2.20. The van der Waals surface area contributed by atoms with Crippen molar-refractivity contribution in [2.45, 2.75) is 11.8 Å². The molecule has 0 bridgehead atoms. The lowest BCUT2D eigenvalue weighted by Crippen LogP contribution is -2.17. The molecule has 0 aliphatic carbocycles. The van der Waals surface area contributed by atoms with E-state index in [4.69, 9.17) is 28.3 Å². The molecule has 0 fully saturated rings. The Bertz CT molecular complexity index is 854. The van der Waals surface area contributed by atoms with Gasteiger partial charge in [0.15, 0.2) is 0 Å². The Labute approximate surface area is 137 Å². The first-order chi connectivity index (χ1) is 10.2. The molecule has 0 aliphatic rings. The Morgan fingerprint density at radius 2 is 1.91 bits per heavy atom. The monoisotopic (exact) mass is 359 g/mol. The third-order valence-electron chi connectivity index (χ3n) is 2.73. The van der Waals surface area contributed by atoms with E-state index in [0.29, 0.717) is 5.82 Å². The molecule has 0 saturated heterocycles. The first kappa shape index (κ1) is 16.7. The average molecular weight is 360 g/mol. The molecule has 0 atom stereocenters. The fourth-order valence-corrected chi connectivity index (χ4v) is 3.11. The standard InChI is InChI=1S/C13H11Cl2N3O3S/c1-7-2-3-17-12(4-7)18-13(19)8-5-11(22(16,20)21)10(15)6-9(8)14/h2-6H,1H3,(H2,16,20,21)(H,17,18,19). The third-order valence-corrected chi connectivity index (χ3v) is 4.42. The van der Waals surface area contributed by atoms with E-state index in [2.05, 4.69) is 10.3 Å². The number of rotatable bonds is 3. The van der Waals surface area contributed by atoms with Crippen molar-refractivity contribution in [1.29, 1.82) is 0 Å². The molecule has 0 unspecified atom stereocenters. The first-order valence-electron chi connectivity index (χ1n) is 5.94. The van der Waals surface area contributed by atoms with Crippen LogP contribution in [0.15, 0.2) is 35.4 Å². The van der Waals surface area contributed by atoms with Crippen molar-refractivity contribution >= 4 is 45.0 Å². The zero-order chi connectivity index (χ0) is 16.5. The summed E-state index contributed by atoms with van der Waals surface area (Å²) in [4.78, 5) is 15.8. The van der Waals surface area contributed by atoms with Crippen LogP contribution in [0.1, 0.15) is 15.9 Å². The molecule has 0 spiro atoms. The van der Waals surface area contributed by atoms with E-state index in [-0.39, 0.29) is 20.5 Å². The van der Waals surface area contributed by atoms with E-state index in [1.165, 1.54) is 6.20 Å². The number of hydrogen-bond acceptors (Lipinski definition) is 4. The third kappa shape index (κ3) is 3.75. The summed E-state index contributed by atoms with van der Waals surface area (Å²) in [7, 11) is -4.07. The van der Waals surface area contributed by atoms with Gasteiger partial charge in [0.1, 0.15) is 10.7 Å². The lowest BCUT2D eigenvalue weighted by atomic mass is 10.2. The highest BCUT2D eigenvalue weighted by molar-refractivity contribution is 7.89. The Hall–Kier alpha value is -1.67. The maximum Gasteiger partial charge on any atom is 0.258 e. The predicted molar refractivity (Wildman–Crippen MR) is 84.8 cm³/mol. The number of sulfonamides is 1. The van der Waals surface area contributed by atoms with Gasteiger partial charge in [0.25, 0.3) is 5.91 Å². The number of primary sulfonamides is 1. The lowest BCUT2D eigenvalue weighted by molar-refractivity contribution is 0.102. The normalized spacial score (nSPS) is 11.3. The van der Waals surface area contributed by atoms with E-state index in [1.807, 2.05) is 6.92 Å². The summed E-state index contributed by atoms with van der Waals surface area (Å²) >= 11 is 11.7. The van der Waals surface area contributed by atoms with Crippen LogP contribution >= 0.6 is 23.2 Å². The highest BCUT2D eigenvalue weighted by atomic mass is 35.5. The SMILES string of the molecule is Cc1ccnc(NC(=O)c2cc(S(N)(=O)=O)c(Cl)cc2Cl)c1. The molecule has 3 N–H and O–H groups in total. The van der Waals surface area contributed by atoms with Gasteiger partial charge in [0.2, 0.25) is 10.0 Å². The molecular formula is C13H11Cl2N3O3S. The number of anilines is 1. The number of carbonyl (C=O) groups is 1.